The number of hydrogen-bond acceptors (Lipinski definition) is 8. The lowest BCUT2D eigenvalue weighted by Gasteiger charge is -2.26. The highest BCUT2D eigenvalue weighted by Gasteiger charge is 2.24. The Morgan fingerprint density at radius 3 is 2.59 bits per heavy atom. The Labute approximate surface area is 231 Å². The molecule has 1 saturated carbocycles. The highest BCUT2D eigenvalue weighted by atomic mass is 35.5. The second-order valence-electron chi connectivity index (χ2n) is 9.84. The lowest BCUT2D eigenvalue weighted by atomic mass is 9.92. The number of sulfone groups is 1. The summed E-state index contributed by atoms with van der Waals surface area (Å²) in [5.41, 5.74) is 8.44. The number of nitrogens with two attached hydrogens (primary N) is 1. The number of methoxy groups -OCH3 is 1. The van der Waals surface area contributed by atoms with Crippen molar-refractivity contribution in [3.63, 3.8) is 0 Å². The number of benzene rings is 2. The van der Waals surface area contributed by atoms with Gasteiger partial charge in [-0.25, -0.2) is 27.8 Å². The van der Waals surface area contributed by atoms with Gasteiger partial charge in [0.25, 0.3) is 0 Å². The van der Waals surface area contributed by atoms with Crippen LogP contribution in [0.1, 0.15) is 36.9 Å². The van der Waals surface area contributed by atoms with Gasteiger partial charge < -0.3 is 15.8 Å². The van der Waals surface area contributed by atoms with E-state index in [1.54, 1.807) is 18.3 Å². The number of nitrogens with one attached hydrogen (secondary N) is 1. The monoisotopic (exact) mass is 569 g/mol. The van der Waals surface area contributed by atoms with Crippen molar-refractivity contribution in [2.45, 2.75) is 55.3 Å². The molecule has 11 heteroatoms. The topological polar surface area (TPSA) is 120 Å². The minimum absolute atomic E-state index is 0.0663. The maximum atomic E-state index is 15.3. The average Bonchev–Trinajstić information content (AvgIpc) is 2.91. The van der Waals surface area contributed by atoms with E-state index in [1.807, 2.05) is 19.1 Å². The molecule has 0 bridgehead atoms. The van der Waals surface area contributed by atoms with Crippen LogP contribution in [0.25, 0.3) is 22.0 Å². The Morgan fingerprint density at radius 2 is 1.87 bits per heavy atom. The summed E-state index contributed by atoms with van der Waals surface area (Å²) < 4.78 is 46.6. The fraction of sp³-hybridized carbons (Fsp3) is 0.321. The maximum absolute atomic E-state index is 15.3. The molecule has 0 unspecified atom stereocenters. The van der Waals surface area contributed by atoms with Crippen LogP contribution in [0.2, 0.25) is 5.02 Å². The standard InChI is InChI=1S/C28H29ClFN5O3S/c1-16-11-17(12-18-14-32-28(35-26(16)18)33-20-9-7-19(31)8-10-20)21-13-23(30)24(34-27(21)38-2)15-39(36,37)25-6-4-3-5-22(25)29/h3-6,11-14,19-20H,7-10,15,31H2,1-2H3,(H,32,33,35). The van der Waals surface area contributed by atoms with Crippen LogP contribution in [0, 0.1) is 12.7 Å². The van der Waals surface area contributed by atoms with Gasteiger partial charge >= 0.3 is 0 Å². The molecule has 0 atom stereocenters. The van der Waals surface area contributed by atoms with Crippen LogP contribution in [0.5, 0.6) is 5.88 Å². The second kappa shape index (κ2) is 11.0. The van der Waals surface area contributed by atoms with E-state index in [0.29, 0.717) is 23.1 Å². The van der Waals surface area contributed by atoms with Crippen molar-refractivity contribution in [2.24, 2.45) is 5.73 Å². The molecule has 204 valence electrons. The highest BCUT2D eigenvalue weighted by molar-refractivity contribution is 7.90. The van der Waals surface area contributed by atoms with E-state index < -0.39 is 21.4 Å². The molecule has 2 aromatic heterocycles. The number of anilines is 1. The second-order valence-corrected chi connectivity index (χ2v) is 12.2. The summed E-state index contributed by atoms with van der Waals surface area (Å²) >= 11 is 6.07. The van der Waals surface area contributed by atoms with Gasteiger partial charge in [0, 0.05) is 29.2 Å². The number of halogens is 2. The zero-order valence-electron chi connectivity index (χ0n) is 21.6. The Balaban J connectivity index is 1.45. The number of ether oxygens (including phenoxy) is 1. The molecule has 0 amide bonds. The molecule has 1 aliphatic rings. The van der Waals surface area contributed by atoms with E-state index in [0.717, 1.165) is 42.1 Å². The van der Waals surface area contributed by atoms with Gasteiger partial charge in [-0.05, 0) is 74.1 Å². The summed E-state index contributed by atoms with van der Waals surface area (Å²) in [6.07, 6.45) is 5.65. The first-order valence-electron chi connectivity index (χ1n) is 12.6. The van der Waals surface area contributed by atoms with E-state index in [1.165, 1.54) is 25.3 Å². The van der Waals surface area contributed by atoms with Gasteiger partial charge in [-0.3, -0.25) is 0 Å². The van der Waals surface area contributed by atoms with Crippen molar-refractivity contribution in [2.75, 3.05) is 12.4 Å². The molecule has 3 N–H and O–H groups in total. The fourth-order valence-corrected chi connectivity index (χ4v) is 6.78. The van der Waals surface area contributed by atoms with Gasteiger partial charge in [0.15, 0.2) is 9.84 Å². The van der Waals surface area contributed by atoms with Gasteiger partial charge in [-0.15, -0.1) is 0 Å². The predicted molar refractivity (Wildman–Crippen MR) is 150 cm³/mol. The number of hydrogen-bond donors (Lipinski definition) is 2. The van der Waals surface area contributed by atoms with Crippen LogP contribution in [0.15, 0.2) is 53.6 Å². The number of aryl methyl sites for hydroxylation is 1. The van der Waals surface area contributed by atoms with Crippen LogP contribution in [-0.4, -0.2) is 42.6 Å². The first kappa shape index (κ1) is 27.2. The number of rotatable bonds is 7. The minimum Gasteiger partial charge on any atom is -0.481 e. The molecule has 0 radical (unpaired) electrons. The molecular formula is C28H29ClFN5O3S. The van der Waals surface area contributed by atoms with E-state index in [2.05, 4.69) is 15.3 Å². The number of aromatic nitrogens is 3. The molecule has 5 rings (SSSR count). The van der Waals surface area contributed by atoms with Crippen LogP contribution in [-0.2, 0) is 15.6 Å². The smallest absolute Gasteiger partial charge is 0.223 e. The Kier molecular flexibility index (Phi) is 7.70. The van der Waals surface area contributed by atoms with E-state index >= 15 is 4.39 Å². The summed E-state index contributed by atoms with van der Waals surface area (Å²) in [5.74, 6) is -0.753. The van der Waals surface area contributed by atoms with Crippen molar-refractivity contribution < 1.29 is 17.5 Å². The summed E-state index contributed by atoms with van der Waals surface area (Å²) in [4.78, 5) is 13.4. The minimum atomic E-state index is -3.94. The highest BCUT2D eigenvalue weighted by Crippen LogP contribution is 2.34. The van der Waals surface area contributed by atoms with Crippen molar-refractivity contribution in [3.05, 3.63) is 70.8 Å². The molecule has 0 spiro atoms. The SMILES string of the molecule is COc1nc(CS(=O)(=O)c2ccccc2Cl)c(F)cc1-c1cc(C)c2nc(NC3CCC(N)CC3)ncc2c1. The molecule has 2 aromatic carbocycles. The zero-order valence-corrected chi connectivity index (χ0v) is 23.2. The third kappa shape index (κ3) is 5.83. The average molecular weight is 570 g/mol. The largest absolute Gasteiger partial charge is 0.481 e. The van der Waals surface area contributed by atoms with Gasteiger partial charge in [0.2, 0.25) is 11.8 Å². The quantitative estimate of drug-likeness (QED) is 0.301. The van der Waals surface area contributed by atoms with E-state index in [9.17, 15) is 8.42 Å². The molecular weight excluding hydrogens is 541 g/mol. The lowest BCUT2D eigenvalue weighted by Crippen LogP contribution is -2.33. The van der Waals surface area contributed by atoms with Crippen LogP contribution in [0.4, 0.5) is 10.3 Å². The molecule has 8 nitrogen and oxygen atoms in total. The third-order valence-electron chi connectivity index (χ3n) is 7.00. The van der Waals surface area contributed by atoms with Gasteiger partial charge in [-0.2, -0.15) is 0 Å². The van der Waals surface area contributed by atoms with Crippen LogP contribution < -0.4 is 15.8 Å². The lowest BCUT2D eigenvalue weighted by molar-refractivity contribution is 0.396. The summed E-state index contributed by atoms with van der Waals surface area (Å²) in [6, 6.07) is 11.5. The first-order chi connectivity index (χ1) is 18.6. The molecule has 4 aromatic rings. The zero-order chi connectivity index (χ0) is 27.7. The van der Waals surface area contributed by atoms with Gasteiger partial charge in [-0.1, -0.05) is 23.7 Å². The van der Waals surface area contributed by atoms with Crippen molar-refractivity contribution in [1.29, 1.82) is 0 Å². The van der Waals surface area contributed by atoms with Crippen molar-refractivity contribution >= 4 is 38.3 Å². The first-order valence-corrected chi connectivity index (χ1v) is 14.7. The predicted octanol–water partition coefficient (Wildman–Crippen LogP) is 5.46. The van der Waals surface area contributed by atoms with Crippen LogP contribution >= 0.6 is 11.6 Å². The van der Waals surface area contributed by atoms with Crippen LogP contribution in [0.3, 0.4) is 0 Å². The molecule has 2 heterocycles. The van der Waals surface area contributed by atoms with Crippen molar-refractivity contribution in [3.8, 4) is 17.0 Å². The third-order valence-corrected chi connectivity index (χ3v) is 9.12. The fourth-order valence-electron chi connectivity index (χ4n) is 4.92. The molecule has 1 aliphatic carbocycles. The number of nitrogens with zero attached hydrogens (tertiary/aromatic N) is 3. The molecule has 39 heavy (non-hydrogen) atoms. The van der Waals surface area contributed by atoms with E-state index in [-0.39, 0.29) is 27.5 Å². The molecule has 0 aliphatic heterocycles. The van der Waals surface area contributed by atoms with Crippen molar-refractivity contribution in [1.82, 2.24) is 15.0 Å². The summed E-state index contributed by atoms with van der Waals surface area (Å²) in [7, 11) is -2.53. The van der Waals surface area contributed by atoms with E-state index in [4.69, 9.17) is 27.1 Å². The summed E-state index contributed by atoms with van der Waals surface area (Å²) in [6.45, 7) is 1.92. The maximum Gasteiger partial charge on any atom is 0.223 e. The van der Waals surface area contributed by atoms with Gasteiger partial charge in [0.1, 0.15) is 11.6 Å². The number of fused-ring (bicyclic) bond motifs is 1. The molecule has 0 saturated heterocycles. The Bertz CT molecular complexity index is 1640. The summed E-state index contributed by atoms with van der Waals surface area (Å²) in [5, 5.41) is 4.26. The Morgan fingerprint density at radius 1 is 1.13 bits per heavy atom. The number of pyridine rings is 1. The molecule has 1 fully saturated rings. The van der Waals surface area contributed by atoms with Gasteiger partial charge in [0.05, 0.1) is 28.2 Å². The Hall–Kier alpha value is -3.34. The normalized spacial score (nSPS) is 17.8.